The Morgan fingerprint density at radius 2 is 2.25 bits per heavy atom. The van der Waals surface area contributed by atoms with E-state index in [9.17, 15) is 4.79 Å². The first kappa shape index (κ1) is 8.05. The molecule has 3 heteroatoms. The molecule has 1 heterocycles. The number of carbonyl (C=O) groups excluding carboxylic acids is 1. The molecule has 1 saturated carbocycles. The van der Waals surface area contributed by atoms with Gasteiger partial charge in [0.1, 0.15) is 6.10 Å². The number of hydrogen-bond acceptors (Lipinski definition) is 2. The van der Waals surface area contributed by atoms with Crippen molar-refractivity contribution >= 4 is 5.91 Å². The van der Waals surface area contributed by atoms with Gasteiger partial charge in [0.25, 0.3) is 0 Å². The van der Waals surface area contributed by atoms with Crippen molar-refractivity contribution in [2.45, 2.75) is 31.8 Å². The van der Waals surface area contributed by atoms with Crippen molar-refractivity contribution in [1.29, 1.82) is 0 Å². The molecular formula is C9H15NO2. The van der Waals surface area contributed by atoms with Crippen molar-refractivity contribution in [2.75, 3.05) is 13.2 Å². The van der Waals surface area contributed by atoms with E-state index < -0.39 is 0 Å². The lowest BCUT2D eigenvalue weighted by atomic mass is 10.2. The number of rotatable bonds is 3. The summed E-state index contributed by atoms with van der Waals surface area (Å²) >= 11 is 0. The Bertz CT molecular complexity index is 171. The van der Waals surface area contributed by atoms with E-state index in [1.807, 2.05) is 0 Å². The van der Waals surface area contributed by atoms with Crippen LogP contribution in [0.3, 0.4) is 0 Å². The van der Waals surface area contributed by atoms with E-state index in [4.69, 9.17) is 4.74 Å². The Kier molecular flexibility index (Phi) is 2.30. The van der Waals surface area contributed by atoms with E-state index >= 15 is 0 Å². The Hall–Kier alpha value is -0.570. The fraction of sp³-hybridized carbons (Fsp3) is 0.889. The molecule has 2 rings (SSSR count). The lowest BCUT2D eigenvalue weighted by molar-refractivity contribution is -0.130. The summed E-state index contributed by atoms with van der Waals surface area (Å²) in [6, 6.07) is 0. The van der Waals surface area contributed by atoms with Crippen LogP contribution in [0.15, 0.2) is 0 Å². The minimum atomic E-state index is -0.149. The third-order valence-electron chi connectivity index (χ3n) is 2.48. The summed E-state index contributed by atoms with van der Waals surface area (Å²) in [5.41, 5.74) is 0. The first-order chi connectivity index (χ1) is 5.86. The lowest BCUT2D eigenvalue weighted by Crippen LogP contribution is -2.35. The average molecular weight is 169 g/mol. The fourth-order valence-electron chi connectivity index (χ4n) is 1.47. The van der Waals surface area contributed by atoms with Gasteiger partial charge in [-0.05, 0) is 31.6 Å². The predicted octanol–water partition coefficient (Wildman–Crippen LogP) is 0.692. The highest BCUT2D eigenvalue weighted by molar-refractivity contribution is 5.80. The van der Waals surface area contributed by atoms with Gasteiger partial charge >= 0.3 is 0 Å². The predicted molar refractivity (Wildman–Crippen MR) is 44.7 cm³/mol. The first-order valence-corrected chi connectivity index (χ1v) is 4.75. The summed E-state index contributed by atoms with van der Waals surface area (Å²) in [5.74, 6) is 0.856. The summed E-state index contributed by atoms with van der Waals surface area (Å²) in [6.45, 7) is 1.61. The van der Waals surface area contributed by atoms with E-state index in [-0.39, 0.29) is 12.0 Å². The minimum Gasteiger partial charge on any atom is -0.368 e. The van der Waals surface area contributed by atoms with Crippen LogP contribution in [0.4, 0.5) is 0 Å². The van der Waals surface area contributed by atoms with Gasteiger partial charge in [0.05, 0.1) is 0 Å². The quantitative estimate of drug-likeness (QED) is 0.675. The number of amides is 1. The van der Waals surface area contributed by atoms with Crippen LogP contribution in [0.25, 0.3) is 0 Å². The molecular weight excluding hydrogens is 154 g/mol. The molecule has 0 aromatic rings. The summed E-state index contributed by atoms with van der Waals surface area (Å²) in [6.07, 6.45) is 4.35. The Morgan fingerprint density at radius 3 is 2.83 bits per heavy atom. The molecule has 1 aliphatic carbocycles. The first-order valence-electron chi connectivity index (χ1n) is 4.75. The second-order valence-electron chi connectivity index (χ2n) is 3.69. The van der Waals surface area contributed by atoms with Crippen LogP contribution >= 0.6 is 0 Å². The maximum atomic E-state index is 11.3. The van der Waals surface area contributed by atoms with Crippen molar-refractivity contribution in [3.63, 3.8) is 0 Å². The largest absolute Gasteiger partial charge is 0.368 e. The van der Waals surface area contributed by atoms with Gasteiger partial charge in [-0.25, -0.2) is 0 Å². The molecule has 0 aromatic heterocycles. The van der Waals surface area contributed by atoms with Crippen LogP contribution in [0.5, 0.6) is 0 Å². The molecule has 0 spiro atoms. The molecule has 2 aliphatic rings. The molecule has 1 unspecified atom stereocenters. The molecule has 1 amide bonds. The molecule has 12 heavy (non-hydrogen) atoms. The zero-order chi connectivity index (χ0) is 8.39. The zero-order valence-electron chi connectivity index (χ0n) is 7.21. The topological polar surface area (TPSA) is 38.3 Å². The molecule has 0 aromatic carbocycles. The van der Waals surface area contributed by atoms with E-state index in [1.54, 1.807) is 0 Å². The van der Waals surface area contributed by atoms with E-state index in [0.717, 1.165) is 31.9 Å². The van der Waals surface area contributed by atoms with Crippen molar-refractivity contribution < 1.29 is 9.53 Å². The molecule has 1 aliphatic heterocycles. The monoisotopic (exact) mass is 169 g/mol. The Labute approximate surface area is 72.5 Å². The summed E-state index contributed by atoms with van der Waals surface area (Å²) < 4.78 is 5.26. The number of nitrogens with one attached hydrogen (secondary N) is 1. The molecule has 1 saturated heterocycles. The molecule has 68 valence electrons. The van der Waals surface area contributed by atoms with Gasteiger partial charge in [-0.2, -0.15) is 0 Å². The van der Waals surface area contributed by atoms with Crippen LogP contribution in [0.2, 0.25) is 0 Å². The molecule has 0 bridgehead atoms. The Balaban J connectivity index is 1.67. The summed E-state index contributed by atoms with van der Waals surface area (Å²) in [4.78, 5) is 11.3. The highest BCUT2D eigenvalue weighted by Gasteiger charge is 2.26. The van der Waals surface area contributed by atoms with Crippen molar-refractivity contribution in [2.24, 2.45) is 5.92 Å². The van der Waals surface area contributed by atoms with Gasteiger partial charge < -0.3 is 10.1 Å². The summed E-state index contributed by atoms with van der Waals surface area (Å²) in [7, 11) is 0. The van der Waals surface area contributed by atoms with Crippen LogP contribution in [-0.2, 0) is 9.53 Å². The third-order valence-corrected chi connectivity index (χ3v) is 2.48. The maximum Gasteiger partial charge on any atom is 0.249 e. The molecule has 1 atom stereocenters. The van der Waals surface area contributed by atoms with E-state index in [2.05, 4.69) is 5.32 Å². The Morgan fingerprint density at radius 1 is 1.42 bits per heavy atom. The van der Waals surface area contributed by atoms with Crippen LogP contribution in [-0.4, -0.2) is 25.2 Å². The number of carbonyl (C=O) groups is 1. The van der Waals surface area contributed by atoms with Gasteiger partial charge in [0.15, 0.2) is 0 Å². The second kappa shape index (κ2) is 3.44. The van der Waals surface area contributed by atoms with Gasteiger partial charge in [-0.1, -0.05) is 0 Å². The molecule has 2 fully saturated rings. The normalized spacial score (nSPS) is 28.8. The van der Waals surface area contributed by atoms with E-state index in [0.29, 0.717) is 0 Å². The lowest BCUT2D eigenvalue weighted by Gasteiger charge is -2.09. The van der Waals surface area contributed by atoms with Gasteiger partial charge in [0.2, 0.25) is 5.91 Å². The highest BCUT2D eigenvalue weighted by atomic mass is 16.5. The standard InChI is InChI=1S/C9H15NO2/c11-9(8-2-1-5-12-8)10-6-7-3-4-7/h7-8H,1-6H2,(H,10,11). The molecule has 3 nitrogen and oxygen atoms in total. The smallest absolute Gasteiger partial charge is 0.249 e. The highest BCUT2D eigenvalue weighted by Crippen LogP contribution is 2.27. The molecule has 0 radical (unpaired) electrons. The minimum absolute atomic E-state index is 0.0967. The maximum absolute atomic E-state index is 11.3. The average Bonchev–Trinajstić information content (AvgIpc) is 2.74. The van der Waals surface area contributed by atoms with Crippen molar-refractivity contribution in [3.8, 4) is 0 Å². The third kappa shape index (κ3) is 1.97. The molecule has 1 N–H and O–H groups in total. The fourth-order valence-corrected chi connectivity index (χ4v) is 1.47. The zero-order valence-corrected chi connectivity index (χ0v) is 7.21. The van der Waals surface area contributed by atoms with Gasteiger partial charge in [0, 0.05) is 13.2 Å². The number of hydrogen-bond donors (Lipinski definition) is 1. The number of ether oxygens (including phenoxy) is 1. The SMILES string of the molecule is O=C(NCC1CC1)C1CCCO1. The van der Waals surface area contributed by atoms with Crippen LogP contribution < -0.4 is 5.32 Å². The van der Waals surface area contributed by atoms with Crippen molar-refractivity contribution in [3.05, 3.63) is 0 Å². The second-order valence-corrected chi connectivity index (χ2v) is 3.69. The van der Waals surface area contributed by atoms with E-state index in [1.165, 1.54) is 12.8 Å². The summed E-state index contributed by atoms with van der Waals surface area (Å²) in [5, 5.41) is 2.92. The van der Waals surface area contributed by atoms with Crippen LogP contribution in [0.1, 0.15) is 25.7 Å². The van der Waals surface area contributed by atoms with Crippen molar-refractivity contribution in [1.82, 2.24) is 5.32 Å². The van der Waals surface area contributed by atoms with Gasteiger partial charge in [-0.3, -0.25) is 4.79 Å². The van der Waals surface area contributed by atoms with Gasteiger partial charge in [-0.15, -0.1) is 0 Å². The van der Waals surface area contributed by atoms with Crippen LogP contribution in [0, 0.1) is 5.92 Å².